The molecule has 0 bridgehead atoms. The second-order valence-corrected chi connectivity index (χ2v) is 5.08. The number of nitrogens with one attached hydrogen (secondary N) is 2. The molecule has 0 radical (unpaired) electrons. The van der Waals surface area contributed by atoms with Crippen LogP contribution < -0.4 is 10.6 Å². The van der Waals surface area contributed by atoms with Gasteiger partial charge in [-0.15, -0.1) is 0 Å². The molecule has 1 atom stereocenters. The second kappa shape index (κ2) is 6.51. The highest BCUT2D eigenvalue weighted by molar-refractivity contribution is 9.10. The van der Waals surface area contributed by atoms with E-state index in [1.54, 1.807) is 18.7 Å². The smallest absolute Gasteiger partial charge is 0.224 e. The van der Waals surface area contributed by atoms with Gasteiger partial charge in [-0.1, -0.05) is 0 Å². The van der Waals surface area contributed by atoms with Crippen LogP contribution in [-0.2, 0) is 6.54 Å². The van der Waals surface area contributed by atoms with E-state index in [1.807, 2.05) is 17.7 Å². The van der Waals surface area contributed by atoms with Crippen LogP contribution in [-0.4, -0.2) is 32.1 Å². The van der Waals surface area contributed by atoms with E-state index in [9.17, 15) is 0 Å². The maximum absolute atomic E-state index is 4.43. The first-order chi connectivity index (χ1) is 9.19. The predicted octanol–water partition coefficient (Wildman–Crippen LogP) is 2.37. The third-order valence-electron chi connectivity index (χ3n) is 2.51. The Bertz CT molecular complexity index is 513. The topological polar surface area (TPSA) is 67.7 Å². The van der Waals surface area contributed by atoms with Gasteiger partial charge in [-0.25, -0.2) is 9.97 Å². The van der Waals surface area contributed by atoms with Crippen LogP contribution in [0.1, 0.15) is 13.8 Å². The van der Waals surface area contributed by atoms with Crippen LogP contribution in [0.4, 0.5) is 11.8 Å². The SMILES string of the molecule is CCNc1ncc(Br)c(NC(C)Cn2ccnc2)n1. The number of anilines is 2. The Morgan fingerprint density at radius 3 is 3.00 bits per heavy atom. The molecule has 2 heterocycles. The molecule has 2 N–H and O–H groups in total. The Morgan fingerprint density at radius 1 is 1.47 bits per heavy atom. The number of rotatable bonds is 6. The standard InChI is InChI=1S/C12H17BrN6/c1-3-15-12-16-6-10(13)11(18-12)17-9(2)7-19-5-4-14-8-19/h4-6,8-9H,3,7H2,1-2H3,(H2,15,16,17,18). The fraction of sp³-hybridized carbons (Fsp3) is 0.417. The van der Waals surface area contributed by atoms with Gasteiger partial charge < -0.3 is 15.2 Å². The van der Waals surface area contributed by atoms with Crippen molar-refractivity contribution in [2.75, 3.05) is 17.2 Å². The van der Waals surface area contributed by atoms with Crippen molar-refractivity contribution in [1.82, 2.24) is 19.5 Å². The van der Waals surface area contributed by atoms with Crippen molar-refractivity contribution in [2.24, 2.45) is 0 Å². The van der Waals surface area contributed by atoms with E-state index in [0.717, 1.165) is 23.4 Å². The van der Waals surface area contributed by atoms with Gasteiger partial charge in [0.1, 0.15) is 5.82 Å². The lowest BCUT2D eigenvalue weighted by molar-refractivity contribution is 0.616. The summed E-state index contributed by atoms with van der Waals surface area (Å²) in [4.78, 5) is 12.6. The fourth-order valence-corrected chi connectivity index (χ4v) is 2.01. The summed E-state index contributed by atoms with van der Waals surface area (Å²) < 4.78 is 2.88. The van der Waals surface area contributed by atoms with Crippen LogP contribution in [0.15, 0.2) is 29.4 Å². The maximum Gasteiger partial charge on any atom is 0.224 e. The molecule has 0 aliphatic heterocycles. The molecule has 6 nitrogen and oxygen atoms in total. The molecular weight excluding hydrogens is 308 g/mol. The zero-order chi connectivity index (χ0) is 13.7. The van der Waals surface area contributed by atoms with Crippen molar-refractivity contribution in [3.05, 3.63) is 29.4 Å². The number of aromatic nitrogens is 4. The van der Waals surface area contributed by atoms with E-state index in [4.69, 9.17) is 0 Å². The van der Waals surface area contributed by atoms with Crippen LogP contribution in [0.2, 0.25) is 0 Å². The van der Waals surface area contributed by atoms with Crippen molar-refractivity contribution in [3.63, 3.8) is 0 Å². The van der Waals surface area contributed by atoms with E-state index < -0.39 is 0 Å². The summed E-state index contributed by atoms with van der Waals surface area (Å²) >= 11 is 3.45. The van der Waals surface area contributed by atoms with Gasteiger partial charge in [-0.2, -0.15) is 4.98 Å². The Hall–Kier alpha value is -1.63. The molecule has 0 saturated heterocycles. The molecule has 0 saturated carbocycles. The molecule has 0 fully saturated rings. The molecule has 2 aromatic heterocycles. The van der Waals surface area contributed by atoms with Gasteiger partial charge in [0, 0.05) is 37.7 Å². The summed E-state index contributed by atoms with van der Waals surface area (Å²) in [7, 11) is 0. The van der Waals surface area contributed by atoms with Gasteiger partial charge in [-0.05, 0) is 29.8 Å². The quantitative estimate of drug-likeness (QED) is 0.853. The van der Waals surface area contributed by atoms with E-state index in [1.165, 1.54) is 0 Å². The molecule has 1 unspecified atom stereocenters. The normalized spacial score (nSPS) is 12.2. The fourth-order valence-electron chi connectivity index (χ4n) is 1.70. The molecule has 7 heteroatoms. The number of imidazole rings is 1. The molecule has 2 aromatic rings. The van der Waals surface area contributed by atoms with Crippen LogP contribution in [0, 0.1) is 0 Å². The highest BCUT2D eigenvalue weighted by Gasteiger charge is 2.08. The first-order valence-corrected chi connectivity index (χ1v) is 6.97. The van der Waals surface area contributed by atoms with Gasteiger partial charge >= 0.3 is 0 Å². The van der Waals surface area contributed by atoms with Crippen LogP contribution in [0.3, 0.4) is 0 Å². The summed E-state index contributed by atoms with van der Waals surface area (Å²) in [5, 5.41) is 6.46. The van der Waals surface area contributed by atoms with Gasteiger partial charge in [0.15, 0.2) is 0 Å². The molecule has 102 valence electrons. The highest BCUT2D eigenvalue weighted by Crippen LogP contribution is 2.21. The van der Waals surface area contributed by atoms with Crippen molar-refractivity contribution >= 4 is 27.7 Å². The largest absolute Gasteiger partial charge is 0.365 e. The van der Waals surface area contributed by atoms with E-state index >= 15 is 0 Å². The Kier molecular flexibility index (Phi) is 4.73. The van der Waals surface area contributed by atoms with Crippen LogP contribution in [0.25, 0.3) is 0 Å². The average Bonchev–Trinajstić information content (AvgIpc) is 2.86. The van der Waals surface area contributed by atoms with Gasteiger partial charge in [0.05, 0.1) is 10.8 Å². The lowest BCUT2D eigenvalue weighted by atomic mass is 10.3. The average molecular weight is 325 g/mol. The Balaban J connectivity index is 2.02. The van der Waals surface area contributed by atoms with E-state index in [2.05, 4.69) is 48.4 Å². The van der Waals surface area contributed by atoms with Crippen molar-refractivity contribution in [3.8, 4) is 0 Å². The number of hydrogen-bond acceptors (Lipinski definition) is 5. The minimum atomic E-state index is 0.231. The summed E-state index contributed by atoms with van der Waals surface area (Å²) in [6.45, 7) is 5.74. The first kappa shape index (κ1) is 13.8. The monoisotopic (exact) mass is 324 g/mol. The Labute approximate surface area is 120 Å². The number of nitrogens with zero attached hydrogens (tertiary/aromatic N) is 4. The lowest BCUT2D eigenvalue weighted by Gasteiger charge is -2.16. The van der Waals surface area contributed by atoms with E-state index in [-0.39, 0.29) is 6.04 Å². The summed E-state index contributed by atoms with van der Waals surface area (Å²) in [6.07, 6.45) is 7.27. The van der Waals surface area contributed by atoms with Crippen LogP contribution >= 0.6 is 15.9 Å². The number of halogens is 1. The Morgan fingerprint density at radius 2 is 2.32 bits per heavy atom. The molecule has 0 aromatic carbocycles. The third-order valence-corrected chi connectivity index (χ3v) is 3.09. The zero-order valence-electron chi connectivity index (χ0n) is 11.0. The maximum atomic E-state index is 4.43. The lowest BCUT2D eigenvalue weighted by Crippen LogP contribution is -2.22. The van der Waals surface area contributed by atoms with Crippen molar-refractivity contribution in [2.45, 2.75) is 26.4 Å². The van der Waals surface area contributed by atoms with Crippen LogP contribution in [0.5, 0.6) is 0 Å². The van der Waals surface area contributed by atoms with Gasteiger partial charge in [0.25, 0.3) is 0 Å². The minimum absolute atomic E-state index is 0.231. The summed E-state index contributed by atoms with van der Waals surface area (Å²) in [5.41, 5.74) is 0. The van der Waals surface area contributed by atoms with Crippen molar-refractivity contribution < 1.29 is 0 Å². The number of hydrogen-bond donors (Lipinski definition) is 2. The molecule has 0 amide bonds. The van der Waals surface area contributed by atoms with Gasteiger partial charge in [0.2, 0.25) is 5.95 Å². The molecule has 0 aliphatic carbocycles. The summed E-state index contributed by atoms with van der Waals surface area (Å²) in [5.74, 6) is 1.42. The van der Waals surface area contributed by atoms with Gasteiger partial charge in [-0.3, -0.25) is 0 Å². The molecule has 0 spiro atoms. The van der Waals surface area contributed by atoms with E-state index in [0.29, 0.717) is 5.95 Å². The minimum Gasteiger partial charge on any atom is -0.365 e. The zero-order valence-corrected chi connectivity index (χ0v) is 12.6. The molecule has 0 aliphatic rings. The molecule has 19 heavy (non-hydrogen) atoms. The molecule has 2 rings (SSSR count). The third kappa shape index (κ3) is 3.92. The second-order valence-electron chi connectivity index (χ2n) is 4.23. The molecular formula is C12H17BrN6. The summed E-state index contributed by atoms with van der Waals surface area (Å²) in [6, 6.07) is 0.231. The first-order valence-electron chi connectivity index (χ1n) is 6.17. The highest BCUT2D eigenvalue weighted by atomic mass is 79.9. The van der Waals surface area contributed by atoms with Crippen molar-refractivity contribution in [1.29, 1.82) is 0 Å². The predicted molar refractivity (Wildman–Crippen MR) is 79.2 cm³/mol.